The Morgan fingerprint density at radius 1 is 0.913 bits per heavy atom. The molecule has 3 heteroatoms. The van der Waals surface area contributed by atoms with Gasteiger partial charge in [0.1, 0.15) is 0 Å². The van der Waals surface area contributed by atoms with Crippen molar-refractivity contribution in [1.29, 1.82) is 0 Å². The van der Waals surface area contributed by atoms with Crippen LogP contribution in [-0.4, -0.2) is 13.7 Å². The van der Waals surface area contributed by atoms with Crippen molar-refractivity contribution in [1.82, 2.24) is 5.32 Å². The molecule has 0 spiro atoms. The second-order valence-corrected chi connectivity index (χ2v) is 5.78. The molecule has 0 amide bonds. The molecule has 2 aromatic carbocycles. The fourth-order valence-corrected chi connectivity index (χ4v) is 2.32. The Hall–Kier alpha value is -2.00. The molecule has 2 aromatic rings. The largest absolute Gasteiger partial charge is 0.493 e. The van der Waals surface area contributed by atoms with Crippen molar-refractivity contribution in [3.63, 3.8) is 0 Å². The summed E-state index contributed by atoms with van der Waals surface area (Å²) in [6.07, 6.45) is 2.19. The lowest BCUT2D eigenvalue weighted by Gasteiger charge is -2.12. The zero-order valence-electron chi connectivity index (χ0n) is 14.4. The Kier molecular flexibility index (Phi) is 6.95. The van der Waals surface area contributed by atoms with Crippen molar-refractivity contribution >= 4 is 0 Å². The maximum Gasteiger partial charge on any atom is 0.161 e. The molecule has 0 aliphatic heterocycles. The molecule has 124 valence electrons. The second-order valence-electron chi connectivity index (χ2n) is 5.78. The van der Waals surface area contributed by atoms with E-state index in [1.807, 2.05) is 12.1 Å². The Balaban J connectivity index is 1.88. The quantitative estimate of drug-likeness (QED) is 0.693. The first-order valence-corrected chi connectivity index (χ1v) is 8.29. The molecule has 0 heterocycles. The lowest BCUT2D eigenvalue weighted by atomic mass is 10.1. The van der Waals surface area contributed by atoms with E-state index in [1.54, 1.807) is 7.11 Å². The van der Waals surface area contributed by atoms with E-state index in [0.29, 0.717) is 0 Å². The lowest BCUT2D eigenvalue weighted by Crippen LogP contribution is -2.12. The van der Waals surface area contributed by atoms with Crippen LogP contribution in [0.15, 0.2) is 42.5 Å². The highest BCUT2D eigenvalue weighted by Crippen LogP contribution is 2.28. The highest BCUT2D eigenvalue weighted by molar-refractivity contribution is 5.43. The summed E-state index contributed by atoms with van der Waals surface area (Å²) >= 11 is 0. The number of methoxy groups -OCH3 is 1. The second kappa shape index (κ2) is 9.21. The first-order valence-electron chi connectivity index (χ1n) is 8.29. The highest BCUT2D eigenvalue weighted by Gasteiger charge is 2.05. The van der Waals surface area contributed by atoms with Crippen molar-refractivity contribution in [2.75, 3.05) is 13.7 Å². The number of benzene rings is 2. The minimum absolute atomic E-state index is 0.734. The Morgan fingerprint density at radius 3 is 2.30 bits per heavy atom. The van der Waals surface area contributed by atoms with Gasteiger partial charge in [-0.1, -0.05) is 49.2 Å². The predicted octanol–water partition coefficient (Wildman–Crippen LogP) is 4.47. The number of hydrogen-bond donors (Lipinski definition) is 1. The molecule has 0 saturated carbocycles. The van der Waals surface area contributed by atoms with Gasteiger partial charge >= 0.3 is 0 Å². The summed E-state index contributed by atoms with van der Waals surface area (Å²) in [5, 5.41) is 3.46. The SMILES string of the molecule is CCCCOc1ccc(CNCc2ccc(C)cc2)cc1OC. The summed E-state index contributed by atoms with van der Waals surface area (Å²) < 4.78 is 11.2. The van der Waals surface area contributed by atoms with Crippen molar-refractivity contribution in [2.24, 2.45) is 0 Å². The Bertz CT molecular complexity index is 593. The fourth-order valence-electron chi connectivity index (χ4n) is 2.32. The van der Waals surface area contributed by atoms with Gasteiger partial charge in [-0.2, -0.15) is 0 Å². The molecule has 0 aliphatic carbocycles. The molecule has 0 unspecified atom stereocenters. The maximum atomic E-state index is 5.76. The smallest absolute Gasteiger partial charge is 0.161 e. The topological polar surface area (TPSA) is 30.5 Å². The average molecular weight is 313 g/mol. The van der Waals surface area contributed by atoms with Gasteiger partial charge in [-0.05, 0) is 36.6 Å². The maximum absolute atomic E-state index is 5.76. The van der Waals surface area contributed by atoms with Crippen molar-refractivity contribution < 1.29 is 9.47 Å². The molecule has 0 saturated heterocycles. The molecule has 0 radical (unpaired) electrons. The number of rotatable bonds is 9. The van der Waals surface area contributed by atoms with E-state index in [9.17, 15) is 0 Å². The predicted molar refractivity (Wildman–Crippen MR) is 95.1 cm³/mol. The van der Waals surface area contributed by atoms with Gasteiger partial charge in [-0.15, -0.1) is 0 Å². The zero-order chi connectivity index (χ0) is 16.5. The van der Waals surface area contributed by atoms with Crippen LogP contribution < -0.4 is 14.8 Å². The lowest BCUT2D eigenvalue weighted by molar-refractivity contribution is 0.288. The average Bonchev–Trinajstić information content (AvgIpc) is 2.58. The first kappa shape index (κ1) is 17.4. The van der Waals surface area contributed by atoms with Gasteiger partial charge < -0.3 is 14.8 Å². The van der Waals surface area contributed by atoms with Crippen LogP contribution in [-0.2, 0) is 13.1 Å². The van der Waals surface area contributed by atoms with E-state index in [0.717, 1.165) is 44.0 Å². The minimum atomic E-state index is 0.734. The summed E-state index contributed by atoms with van der Waals surface area (Å²) in [6, 6.07) is 14.7. The first-order chi connectivity index (χ1) is 11.2. The van der Waals surface area contributed by atoms with Crippen LogP contribution in [0.1, 0.15) is 36.5 Å². The van der Waals surface area contributed by atoms with Crippen LogP contribution in [0.25, 0.3) is 0 Å². The third kappa shape index (κ3) is 5.61. The normalized spacial score (nSPS) is 10.6. The summed E-state index contributed by atoms with van der Waals surface area (Å²) in [6.45, 7) is 6.66. The molecule has 0 bridgehead atoms. The molecule has 3 nitrogen and oxygen atoms in total. The van der Waals surface area contributed by atoms with E-state index in [1.165, 1.54) is 16.7 Å². The van der Waals surface area contributed by atoms with Crippen molar-refractivity contribution in [3.05, 3.63) is 59.2 Å². The van der Waals surface area contributed by atoms with E-state index in [-0.39, 0.29) is 0 Å². The molecular weight excluding hydrogens is 286 g/mol. The van der Waals surface area contributed by atoms with Gasteiger partial charge in [0.25, 0.3) is 0 Å². The van der Waals surface area contributed by atoms with Crippen LogP contribution >= 0.6 is 0 Å². The Morgan fingerprint density at radius 2 is 1.61 bits per heavy atom. The molecule has 0 fully saturated rings. The number of aryl methyl sites for hydroxylation is 1. The summed E-state index contributed by atoms with van der Waals surface area (Å²) in [4.78, 5) is 0. The van der Waals surface area contributed by atoms with Crippen LogP contribution in [0.5, 0.6) is 11.5 Å². The van der Waals surface area contributed by atoms with Gasteiger partial charge in [0, 0.05) is 13.1 Å². The number of nitrogens with one attached hydrogen (secondary N) is 1. The highest BCUT2D eigenvalue weighted by atomic mass is 16.5. The fraction of sp³-hybridized carbons (Fsp3) is 0.400. The monoisotopic (exact) mass is 313 g/mol. The molecule has 0 aromatic heterocycles. The van der Waals surface area contributed by atoms with E-state index >= 15 is 0 Å². The van der Waals surface area contributed by atoms with Crippen LogP contribution in [0.4, 0.5) is 0 Å². The minimum Gasteiger partial charge on any atom is -0.493 e. The summed E-state index contributed by atoms with van der Waals surface area (Å²) in [5.41, 5.74) is 3.77. The molecule has 2 rings (SSSR count). The summed E-state index contributed by atoms with van der Waals surface area (Å²) in [7, 11) is 1.69. The van der Waals surface area contributed by atoms with Gasteiger partial charge in [0.05, 0.1) is 13.7 Å². The van der Waals surface area contributed by atoms with Gasteiger partial charge in [-0.3, -0.25) is 0 Å². The zero-order valence-corrected chi connectivity index (χ0v) is 14.4. The summed E-state index contributed by atoms with van der Waals surface area (Å²) in [5.74, 6) is 1.62. The number of unbranched alkanes of at least 4 members (excludes halogenated alkanes) is 1. The molecular formula is C20H27NO2. The van der Waals surface area contributed by atoms with Crippen LogP contribution in [0.3, 0.4) is 0 Å². The van der Waals surface area contributed by atoms with Crippen LogP contribution in [0, 0.1) is 6.92 Å². The molecule has 23 heavy (non-hydrogen) atoms. The van der Waals surface area contributed by atoms with Crippen LogP contribution in [0.2, 0.25) is 0 Å². The van der Waals surface area contributed by atoms with Gasteiger partial charge in [0.15, 0.2) is 11.5 Å². The molecule has 0 aliphatic rings. The number of hydrogen-bond acceptors (Lipinski definition) is 3. The third-order valence-corrected chi connectivity index (χ3v) is 3.76. The standard InChI is InChI=1S/C20H27NO2/c1-4-5-12-23-19-11-10-18(13-20(19)22-3)15-21-14-17-8-6-16(2)7-9-17/h6-11,13,21H,4-5,12,14-15H2,1-3H3. The van der Waals surface area contributed by atoms with E-state index < -0.39 is 0 Å². The van der Waals surface area contributed by atoms with E-state index in [4.69, 9.17) is 9.47 Å². The Labute approximate surface area is 139 Å². The van der Waals surface area contributed by atoms with Gasteiger partial charge in [-0.25, -0.2) is 0 Å². The third-order valence-electron chi connectivity index (χ3n) is 3.76. The molecule has 0 atom stereocenters. The van der Waals surface area contributed by atoms with Crippen molar-refractivity contribution in [3.8, 4) is 11.5 Å². The number of ether oxygens (including phenoxy) is 2. The van der Waals surface area contributed by atoms with Gasteiger partial charge in [0.2, 0.25) is 0 Å². The molecule has 1 N–H and O–H groups in total. The van der Waals surface area contributed by atoms with Crippen molar-refractivity contribution in [2.45, 2.75) is 39.8 Å². The van der Waals surface area contributed by atoms with E-state index in [2.05, 4.69) is 49.5 Å².